The van der Waals surface area contributed by atoms with E-state index in [0.29, 0.717) is 66.6 Å². The molecule has 0 radical (unpaired) electrons. The van der Waals surface area contributed by atoms with E-state index in [1.54, 1.807) is 28.7 Å². The largest absolute Gasteiger partial charge is 0.343 e. The molecule has 8 nitrogen and oxygen atoms in total. The molecule has 4 heterocycles. The van der Waals surface area contributed by atoms with Gasteiger partial charge in [0, 0.05) is 69.4 Å². The van der Waals surface area contributed by atoms with Crippen molar-refractivity contribution < 1.29 is 18.0 Å². The first-order chi connectivity index (χ1) is 18.6. The first kappa shape index (κ1) is 28.5. The molecule has 0 saturated carbocycles. The predicted molar refractivity (Wildman–Crippen MR) is 155 cm³/mol. The second-order valence-corrected chi connectivity index (χ2v) is 14.6. The van der Waals surface area contributed by atoms with Crippen LogP contribution in [-0.4, -0.2) is 86.7 Å². The second-order valence-electron chi connectivity index (χ2n) is 11.1. The van der Waals surface area contributed by atoms with Crippen LogP contribution >= 0.6 is 22.9 Å². The van der Waals surface area contributed by atoms with Crippen LogP contribution < -0.4 is 4.90 Å². The number of nitrogens with zero attached hydrogens (tertiary/aromatic N) is 4. The number of hydrogen-bond acceptors (Lipinski definition) is 6. The number of carbonyl (C=O) groups excluding carboxylic acids is 2. The first-order valence-corrected chi connectivity index (χ1v) is 16.4. The summed E-state index contributed by atoms with van der Waals surface area (Å²) in [6, 6.07) is 9.26. The molecule has 1 aromatic carbocycles. The lowest BCUT2D eigenvalue weighted by molar-refractivity contribution is -0.133. The maximum atomic E-state index is 13.7. The van der Waals surface area contributed by atoms with E-state index in [2.05, 4.69) is 4.90 Å². The Balaban J connectivity index is 1.18. The fourth-order valence-corrected chi connectivity index (χ4v) is 9.07. The van der Waals surface area contributed by atoms with Gasteiger partial charge in [-0.2, -0.15) is 4.31 Å². The van der Waals surface area contributed by atoms with Crippen LogP contribution in [0.25, 0.3) is 0 Å². The Morgan fingerprint density at radius 2 is 1.77 bits per heavy atom. The standard InChI is InChI=1S/C28H37ClN4O4S2/c1-20-6-7-25(15-26(20)29)33(28(35)22-8-12-31(13-9-22)21(2)34)11-4-10-30-16-23-18-32(19-24(23)17-30)39(36,37)27-5-3-14-38-27/h3,5-7,14-15,22-24H,4,8-13,16-19H2,1-2H3. The summed E-state index contributed by atoms with van der Waals surface area (Å²) in [6.45, 7) is 9.13. The van der Waals surface area contributed by atoms with E-state index < -0.39 is 10.0 Å². The van der Waals surface area contributed by atoms with Gasteiger partial charge in [-0.15, -0.1) is 11.3 Å². The second kappa shape index (κ2) is 11.9. The number of amides is 2. The topological polar surface area (TPSA) is 81.2 Å². The van der Waals surface area contributed by atoms with Crippen molar-refractivity contribution in [2.45, 2.75) is 37.3 Å². The molecule has 212 valence electrons. The number of likely N-dealkylation sites (tertiary alicyclic amines) is 2. The maximum absolute atomic E-state index is 13.7. The van der Waals surface area contributed by atoms with Crippen molar-refractivity contribution in [2.24, 2.45) is 17.8 Å². The zero-order valence-electron chi connectivity index (χ0n) is 22.6. The van der Waals surface area contributed by atoms with Crippen molar-refractivity contribution in [3.63, 3.8) is 0 Å². The number of rotatable bonds is 8. The number of piperidine rings is 1. The van der Waals surface area contributed by atoms with Crippen LogP contribution in [0.3, 0.4) is 0 Å². The highest BCUT2D eigenvalue weighted by Crippen LogP contribution is 2.35. The summed E-state index contributed by atoms with van der Waals surface area (Å²) in [7, 11) is -3.39. The van der Waals surface area contributed by atoms with Gasteiger partial charge in [-0.1, -0.05) is 23.7 Å². The smallest absolute Gasteiger partial charge is 0.252 e. The Labute approximate surface area is 240 Å². The number of aryl methyl sites for hydroxylation is 1. The van der Waals surface area contributed by atoms with Crippen LogP contribution in [0.4, 0.5) is 5.69 Å². The van der Waals surface area contributed by atoms with Crippen LogP contribution in [-0.2, 0) is 19.6 Å². The number of benzene rings is 1. The van der Waals surface area contributed by atoms with Gasteiger partial charge in [0.2, 0.25) is 11.8 Å². The van der Waals surface area contributed by atoms with Crippen LogP contribution in [0.5, 0.6) is 0 Å². The minimum atomic E-state index is -3.39. The third kappa shape index (κ3) is 6.20. The summed E-state index contributed by atoms with van der Waals surface area (Å²) in [6.07, 6.45) is 2.17. The van der Waals surface area contributed by atoms with Crippen molar-refractivity contribution in [3.05, 3.63) is 46.3 Å². The van der Waals surface area contributed by atoms with Gasteiger partial charge in [-0.25, -0.2) is 8.42 Å². The van der Waals surface area contributed by atoms with Crippen molar-refractivity contribution in [1.29, 1.82) is 0 Å². The summed E-state index contributed by atoms with van der Waals surface area (Å²) in [5.74, 6) is 0.749. The van der Waals surface area contributed by atoms with Crippen LogP contribution in [0.15, 0.2) is 39.9 Å². The highest BCUT2D eigenvalue weighted by molar-refractivity contribution is 7.91. The van der Waals surface area contributed by atoms with E-state index in [1.165, 1.54) is 11.3 Å². The minimum Gasteiger partial charge on any atom is -0.343 e. The zero-order valence-corrected chi connectivity index (χ0v) is 25.0. The lowest BCUT2D eigenvalue weighted by atomic mass is 9.94. The molecule has 0 spiro atoms. The summed E-state index contributed by atoms with van der Waals surface area (Å²) in [4.78, 5) is 31.5. The molecule has 3 saturated heterocycles. The fraction of sp³-hybridized carbons (Fsp3) is 0.571. The van der Waals surface area contributed by atoms with Gasteiger partial charge in [0.05, 0.1) is 0 Å². The van der Waals surface area contributed by atoms with E-state index in [0.717, 1.165) is 37.3 Å². The first-order valence-electron chi connectivity index (χ1n) is 13.7. The normalized spacial score (nSPS) is 22.8. The van der Waals surface area contributed by atoms with Crippen molar-refractivity contribution in [3.8, 4) is 0 Å². The molecule has 2 amide bonds. The molecule has 2 unspecified atom stereocenters. The molecule has 2 aromatic rings. The van der Waals surface area contributed by atoms with Gasteiger partial charge in [-0.3, -0.25) is 9.59 Å². The molecule has 3 aliphatic rings. The molecule has 5 rings (SSSR count). The number of carbonyl (C=O) groups is 2. The minimum absolute atomic E-state index is 0.0608. The molecule has 2 atom stereocenters. The van der Waals surface area contributed by atoms with E-state index in [-0.39, 0.29) is 17.7 Å². The van der Waals surface area contributed by atoms with Crippen LogP contribution in [0.1, 0.15) is 31.7 Å². The van der Waals surface area contributed by atoms with Gasteiger partial charge < -0.3 is 14.7 Å². The summed E-state index contributed by atoms with van der Waals surface area (Å²) in [5, 5.41) is 2.45. The van der Waals surface area contributed by atoms with Crippen LogP contribution in [0, 0.1) is 24.7 Å². The summed E-state index contributed by atoms with van der Waals surface area (Å²) >= 11 is 7.71. The number of thiophene rings is 1. The van der Waals surface area contributed by atoms with Crippen LogP contribution in [0.2, 0.25) is 5.02 Å². The molecule has 0 N–H and O–H groups in total. The molecule has 39 heavy (non-hydrogen) atoms. The SMILES string of the molecule is CC(=O)N1CCC(C(=O)N(CCCN2CC3CN(S(=O)(=O)c4cccs4)CC3C2)c2ccc(C)c(Cl)c2)CC1. The van der Waals surface area contributed by atoms with E-state index >= 15 is 0 Å². The van der Waals surface area contributed by atoms with Gasteiger partial charge in [0.1, 0.15) is 4.21 Å². The Morgan fingerprint density at radius 3 is 2.36 bits per heavy atom. The van der Waals surface area contributed by atoms with Crippen molar-refractivity contribution >= 4 is 50.5 Å². The summed E-state index contributed by atoms with van der Waals surface area (Å²) in [5.41, 5.74) is 1.79. The summed E-state index contributed by atoms with van der Waals surface area (Å²) < 4.78 is 28.0. The highest BCUT2D eigenvalue weighted by atomic mass is 35.5. The van der Waals surface area contributed by atoms with Gasteiger partial charge in [0.25, 0.3) is 10.0 Å². The molecule has 11 heteroatoms. The Bertz CT molecular complexity index is 1280. The van der Waals surface area contributed by atoms with E-state index in [9.17, 15) is 18.0 Å². The van der Waals surface area contributed by atoms with Gasteiger partial charge >= 0.3 is 0 Å². The number of hydrogen-bond donors (Lipinski definition) is 0. The quantitative estimate of drug-likeness (QED) is 0.464. The molecule has 1 aromatic heterocycles. The Morgan fingerprint density at radius 1 is 1.08 bits per heavy atom. The monoisotopic (exact) mass is 592 g/mol. The predicted octanol–water partition coefficient (Wildman–Crippen LogP) is 3.94. The molecule has 0 bridgehead atoms. The lowest BCUT2D eigenvalue weighted by Crippen LogP contribution is -2.44. The van der Waals surface area contributed by atoms with Gasteiger partial charge in [0.15, 0.2) is 0 Å². The average Bonchev–Trinajstić information content (AvgIpc) is 3.66. The third-order valence-corrected chi connectivity index (χ3v) is 12.1. The number of anilines is 1. The molecule has 0 aliphatic carbocycles. The number of fused-ring (bicyclic) bond motifs is 1. The van der Waals surface area contributed by atoms with E-state index in [4.69, 9.17) is 11.6 Å². The molecule has 3 fully saturated rings. The number of halogens is 1. The van der Waals surface area contributed by atoms with Crippen molar-refractivity contribution in [1.82, 2.24) is 14.1 Å². The third-order valence-electron chi connectivity index (χ3n) is 8.50. The molecular formula is C28H37ClN4O4S2. The number of sulfonamides is 1. The molecular weight excluding hydrogens is 556 g/mol. The molecule has 3 aliphatic heterocycles. The highest BCUT2D eigenvalue weighted by Gasteiger charge is 2.44. The Hall–Kier alpha value is -1.98. The van der Waals surface area contributed by atoms with Gasteiger partial charge in [-0.05, 0) is 73.7 Å². The zero-order chi connectivity index (χ0) is 27.7. The average molecular weight is 593 g/mol. The lowest BCUT2D eigenvalue weighted by Gasteiger charge is -2.34. The fourth-order valence-electron chi connectivity index (χ4n) is 6.19. The maximum Gasteiger partial charge on any atom is 0.252 e. The Kier molecular flexibility index (Phi) is 8.68. The van der Waals surface area contributed by atoms with E-state index in [1.807, 2.05) is 34.9 Å². The van der Waals surface area contributed by atoms with Crippen molar-refractivity contribution in [2.75, 3.05) is 57.3 Å².